The molecule has 23 heavy (non-hydrogen) atoms. The zero-order chi connectivity index (χ0) is 16.2. The van der Waals surface area contributed by atoms with Gasteiger partial charge in [0.15, 0.2) is 0 Å². The average Bonchev–Trinajstić information content (AvgIpc) is 2.83. The number of nitrogens with zero attached hydrogens (tertiary/aromatic N) is 1. The highest BCUT2D eigenvalue weighted by Gasteiger charge is 2.45. The van der Waals surface area contributed by atoms with E-state index in [2.05, 4.69) is 6.58 Å². The van der Waals surface area contributed by atoms with E-state index in [9.17, 15) is 9.59 Å². The monoisotopic (exact) mass is 313 g/mol. The van der Waals surface area contributed by atoms with Gasteiger partial charge in [0.25, 0.3) is 0 Å². The summed E-state index contributed by atoms with van der Waals surface area (Å²) in [7, 11) is 0. The topological polar surface area (TPSA) is 46.6 Å². The number of ether oxygens (including phenoxy) is 1. The summed E-state index contributed by atoms with van der Waals surface area (Å²) in [5.41, 5.74) is 0.990. The molecule has 4 heteroatoms. The predicted octanol–water partition coefficient (Wildman–Crippen LogP) is 3.71. The molecule has 2 fully saturated rings. The van der Waals surface area contributed by atoms with E-state index in [1.165, 1.54) is 0 Å². The maximum Gasteiger partial charge on any atom is 0.410 e. The number of benzene rings is 1. The molecule has 2 aliphatic rings. The van der Waals surface area contributed by atoms with Crippen LogP contribution in [0.15, 0.2) is 43.0 Å². The normalized spacial score (nSPS) is 25.9. The second-order valence-electron chi connectivity index (χ2n) is 6.46. The number of allylic oxidation sites excluding steroid dienone is 1. The lowest BCUT2D eigenvalue weighted by Crippen LogP contribution is -2.48. The van der Waals surface area contributed by atoms with Gasteiger partial charge in [0.2, 0.25) is 0 Å². The van der Waals surface area contributed by atoms with Crippen molar-refractivity contribution < 1.29 is 14.3 Å². The first kappa shape index (κ1) is 15.8. The maximum absolute atomic E-state index is 12.4. The summed E-state index contributed by atoms with van der Waals surface area (Å²) in [4.78, 5) is 26.4. The Hall–Kier alpha value is -2.10. The van der Waals surface area contributed by atoms with Crippen molar-refractivity contribution in [3.8, 4) is 0 Å². The lowest BCUT2D eigenvalue weighted by atomic mass is 9.86. The standard InChI is InChI=1S/C19H23NO3/c1-2-6-18(21)15-11-16-9-10-17(12-15)20(16)19(22)23-13-14-7-4-3-5-8-14/h2-5,7-8,15-17H,1,6,9-13H2. The van der Waals surface area contributed by atoms with Gasteiger partial charge in [-0.3, -0.25) is 4.79 Å². The number of rotatable bonds is 5. The van der Waals surface area contributed by atoms with Crippen molar-refractivity contribution in [1.82, 2.24) is 4.90 Å². The van der Waals surface area contributed by atoms with Crippen LogP contribution in [0.25, 0.3) is 0 Å². The third kappa shape index (κ3) is 3.46. The van der Waals surface area contributed by atoms with Crippen molar-refractivity contribution in [2.24, 2.45) is 5.92 Å². The highest BCUT2D eigenvalue weighted by Crippen LogP contribution is 2.39. The first-order chi connectivity index (χ1) is 11.2. The molecule has 1 aromatic rings. The van der Waals surface area contributed by atoms with Crippen LogP contribution in [0.4, 0.5) is 4.79 Å². The molecule has 2 unspecified atom stereocenters. The highest BCUT2D eigenvalue weighted by molar-refractivity contribution is 5.83. The van der Waals surface area contributed by atoms with Crippen molar-refractivity contribution in [1.29, 1.82) is 0 Å². The van der Waals surface area contributed by atoms with Crippen molar-refractivity contribution in [3.63, 3.8) is 0 Å². The molecule has 0 N–H and O–H groups in total. The molecule has 0 saturated carbocycles. The number of hydrogen-bond donors (Lipinski definition) is 0. The lowest BCUT2D eigenvalue weighted by Gasteiger charge is -2.37. The molecular weight excluding hydrogens is 290 g/mol. The number of Topliss-reactive ketones (excluding diaryl/α,β-unsaturated/α-hetero) is 1. The molecule has 2 aliphatic heterocycles. The van der Waals surface area contributed by atoms with Gasteiger partial charge in [-0.2, -0.15) is 0 Å². The number of carbonyl (C=O) groups excluding carboxylic acids is 2. The van der Waals surface area contributed by atoms with Gasteiger partial charge in [0.05, 0.1) is 0 Å². The number of piperidine rings is 1. The number of fused-ring (bicyclic) bond motifs is 2. The van der Waals surface area contributed by atoms with Crippen LogP contribution in [0.3, 0.4) is 0 Å². The van der Waals surface area contributed by atoms with Crippen molar-refractivity contribution >= 4 is 11.9 Å². The maximum atomic E-state index is 12.4. The van der Waals surface area contributed by atoms with Gasteiger partial charge in [-0.1, -0.05) is 36.4 Å². The summed E-state index contributed by atoms with van der Waals surface area (Å²) in [5.74, 6) is 0.331. The van der Waals surface area contributed by atoms with Gasteiger partial charge in [-0.15, -0.1) is 6.58 Å². The minimum absolute atomic E-state index is 0.0728. The zero-order valence-electron chi connectivity index (χ0n) is 13.3. The van der Waals surface area contributed by atoms with Crippen LogP contribution >= 0.6 is 0 Å². The van der Waals surface area contributed by atoms with E-state index >= 15 is 0 Å². The molecular formula is C19H23NO3. The quantitative estimate of drug-likeness (QED) is 0.779. The smallest absolute Gasteiger partial charge is 0.410 e. The largest absolute Gasteiger partial charge is 0.445 e. The second kappa shape index (κ2) is 6.99. The van der Waals surface area contributed by atoms with Crippen LogP contribution in [0.5, 0.6) is 0 Å². The van der Waals surface area contributed by atoms with Crippen LogP contribution in [-0.2, 0) is 16.1 Å². The fourth-order valence-corrected chi connectivity index (χ4v) is 3.84. The summed E-state index contributed by atoms with van der Waals surface area (Å²) < 4.78 is 5.48. The Morgan fingerprint density at radius 2 is 1.83 bits per heavy atom. The average molecular weight is 313 g/mol. The Kier molecular flexibility index (Phi) is 4.79. The number of ketones is 1. The van der Waals surface area contributed by atoms with Crippen molar-refractivity contribution in [2.45, 2.75) is 50.8 Å². The van der Waals surface area contributed by atoms with Gasteiger partial charge >= 0.3 is 6.09 Å². The Balaban J connectivity index is 1.58. The Morgan fingerprint density at radius 1 is 1.17 bits per heavy atom. The molecule has 0 spiro atoms. The lowest BCUT2D eigenvalue weighted by molar-refractivity contribution is -0.124. The first-order valence-corrected chi connectivity index (χ1v) is 8.31. The highest BCUT2D eigenvalue weighted by atomic mass is 16.6. The van der Waals surface area contributed by atoms with E-state index in [0.717, 1.165) is 31.2 Å². The summed E-state index contributed by atoms with van der Waals surface area (Å²) in [6, 6.07) is 10.0. The SMILES string of the molecule is C=CCC(=O)C1CC2CCC(C1)N2C(=O)OCc1ccccc1. The van der Waals surface area contributed by atoms with Crippen LogP contribution in [0.2, 0.25) is 0 Å². The van der Waals surface area contributed by atoms with Crippen LogP contribution in [-0.4, -0.2) is 28.9 Å². The summed E-state index contributed by atoms with van der Waals surface area (Å²) in [5, 5.41) is 0. The Morgan fingerprint density at radius 3 is 2.43 bits per heavy atom. The van der Waals surface area contributed by atoms with E-state index in [-0.39, 0.29) is 29.9 Å². The van der Waals surface area contributed by atoms with E-state index < -0.39 is 0 Å². The zero-order valence-corrected chi connectivity index (χ0v) is 13.3. The minimum atomic E-state index is -0.240. The van der Waals surface area contributed by atoms with Gasteiger partial charge in [-0.05, 0) is 31.2 Å². The van der Waals surface area contributed by atoms with Gasteiger partial charge in [0, 0.05) is 24.4 Å². The fourth-order valence-electron chi connectivity index (χ4n) is 3.84. The first-order valence-electron chi connectivity index (χ1n) is 8.31. The summed E-state index contributed by atoms with van der Waals surface area (Å²) in [6.45, 7) is 3.94. The third-order valence-electron chi connectivity index (χ3n) is 4.95. The minimum Gasteiger partial charge on any atom is -0.445 e. The molecule has 1 aromatic carbocycles. The third-order valence-corrected chi connectivity index (χ3v) is 4.95. The van der Waals surface area contributed by atoms with E-state index in [4.69, 9.17) is 4.74 Å². The van der Waals surface area contributed by atoms with Crippen LogP contribution in [0, 0.1) is 5.92 Å². The number of hydrogen-bond acceptors (Lipinski definition) is 3. The van der Waals surface area contributed by atoms with Gasteiger partial charge < -0.3 is 9.64 Å². The molecule has 0 radical (unpaired) electrons. The predicted molar refractivity (Wildman–Crippen MR) is 87.8 cm³/mol. The van der Waals surface area contributed by atoms with Gasteiger partial charge in [-0.25, -0.2) is 4.79 Å². The van der Waals surface area contributed by atoms with Crippen LogP contribution in [0.1, 0.15) is 37.7 Å². The molecule has 1 amide bonds. The van der Waals surface area contributed by atoms with Crippen molar-refractivity contribution in [3.05, 3.63) is 48.6 Å². The number of carbonyl (C=O) groups is 2. The molecule has 2 atom stereocenters. The van der Waals surface area contributed by atoms with E-state index in [0.29, 0.717) is 13.0 Å². The molecule has 0 aromatic heterocycles. The molecule has 0 aliphatic carbocycles. The Labute approximate surface area is 137 Å². The van der Waals surface area contributed by atoms with Crippen LogP contribution < -0.4 is 0 Å². The number of amides is 1. The summed E-state index contributed by atoms with van der Waals surface area (Å²) >= 11 is 0. The fraction of sp³-hybridized carbons (Fsp3) is 0.474. The van der Waals surface area contributed by atoms with E-state index in [1.54, 1.807) is 6.08 Å². The Bertz CT molecular complexity index is 570. The molecule has 4 nitrogen and oxygen atoms in total. The van der Waals surface area contributed by atoms with Gasteiger partial charge in [0.1, 0.15) is 12.4 Å². The molecule has 3 rings (SSSR count). The molecule has 2 bridgehead atoms. The molecule has 2 saturated heterocycles. The molecule has 2 heterocycles. The van der Waals surface area contributed by atoms with Crippen molar-refractivity contribution in [2.75, 3.05) is 0 Å². The summed E-state index contributed by atoms with van der Waals surface area (Å²) in [6.07, 6.45) is 5.35. The molecule has 122 valence electrons. The van der Waals surface area contributed by atoms with E-state index in [1.807, 2.05) is 35.2 Å². The second-order valence-corrected chi connectivity index (χ2v) is 6.46.